The Morgan fingerprint density at radius 1 is 1.09 bits per heavy atom. The first-order valence-corrected chi connectivity index (χ1v) is 7.79. The number of ketones is 1. The molecule has 0 aromatic heterocycles. The summed E-state index contributed by atoms with van der Waals surface area (Å²) in [5.74, 6) is -0.151. The molecule has 0 unspecified atom stereocenters. The third kappa shape index (κ3) is 3.69. The van der Waals surface area contributed by atoms with E-state index in [0.29, 0.717) is 11.1 Å². The molecular formula is C14H12N2O6S. The number of carbonyl (C=O) groups is 1. The number of allylic oxidation sites excluding steroid dienone is 4. The van der Waals surface area contributed by atoms with Crippen molar-refractivity contribution < 1.29 is 22.4 Å². The fraction of sp³-hybridized carbons (Fsp3) is 0.143. The van der Waals surface area contributed by atoms with Gasteiger partial charge >= 0.3 is 10.1 Å². The van der Waals surface area contributed by atoms with Crippen LogP contribution in [0.1, 0.15) is 13.8 Å². The summed E-state index contributed by atoms with van der Waals surface area (Å²) in [4.78, 5) is 21.2. The van der Waals surface area contributed by atoms with Crippen LogP contribution >= 0.6 is 0 Å². The molecule has 0 fully saturated rings. The summed E-state index contributed by atoms with van der Waals surface area (Å²) >= 11 is 0. The van der Waals surface area contributed by atoms with Gasteiger partial charge in [-0.1, -0.05) is 5.16 Å². The molecule has 0 heterocycles. The molecule has 0 spiro atoms. The highest BCUT2D eigenvalue weighted by Gasteiger charge is 2.19. The van der Waals surface area contributed by atoms with E-state index in [1.807, 2.05) is 0 Å². The van der Waals surface area contributed by atoms with E-state index in [2.05, 4.69) is 9.44 Å². The van der Waals surface area contributed by atoms with E-state index in [9.17, 15) is 23.3 Å². The number of rotatable bonds is 4. The van der Waals surface area contributed by atoms with Gasteiger partial charge in [-0.2, -0.15) is 8.42 Å². The van der Waals surface area contributed by atoms with Gasteiger partial charge in [-0.05, 0) is 49.3 Å². The maximum atomic E-state index is 12.0. The van der Waals surface area contributed by atoms with Crippen LogP contribution in [-0.2, 0) is 19.2 Å². The zero-order valence-corrected chi connectivity index (χ0v) is 13.0. The number of hydrogen-bond acceptors (Lipinski definition) is 7. The highest BCUT2D eigenvalue weighted by Crippen LogP contribution is 2.18. The summed E-state index contributed by atoms with van der Waals surface area (Å²) in [5.41, 5.74) is 0.781. The third-order valence-corrected chi connectivity index (χ3v) is 4.14. The van der Waals surface area contributed by atoms with Crippen molar-refractivity contribution in [2.75, 3.05) is 0 Å². The minimum Gasteiger partial charge on any atom is -0.289 e. The number of benzene rings is 1. The summed E-state index contributed by atoms with van der Waals surface area (Å²) < 4.78 is 28.5. The van der Waals surface area contributed by atoms with Crippen molar-refractivity contribution in [3.8, 4) is 0 Å². The Morgan fingerprint density at radius 3 is 2.09 bits per heavy atom. The molecule has 0 bridgehead atoms. The Balaban J connectivity index is 2.24. The van der Waals surface area contributed by atoms with Gasteiger partial charge in [-0.15, -0.1) is 0 Å². The zero-order chi connectivity index (χ0) is 17.2. The molecule has 0 saturated heterocycles. The number of oxime groups is 1. The van der Waals surface area contributed by atoms with E-state index >= 15 is 0 Å². The standard InChI is InChI=1S/C14H12N2O6S/c1-9-7-11(8-10(2)14(9)17)15-22-23(20,21)13-5-3-12(4-6-13)16(18)19/h3-8H,1-2H3. The molecule has 0 N–H and O–H groups in total. The first-order chi connectivity index (χ1) is 10.7. The lowest BCUT2D eigenvalue weighted by Crippen LogP contribution is -2.12. The van der Waals surface area contributed by atoms with Crippen molar-refractivity contribution in [1.29, 1.82) is 0 Å². The molecule has 8 nitrogen and oxygen atoms in total. The number of nitrogens with zero attached hydrogens (tertiary/aromatic N) is 2. The molecule has 0 amide bonds. The molecule has 9 heteroatoms. The van der Waals surface area contributed by atoms with Crippen LogP contribution in [0.2, 0.25) is 0 Å². The smallest absolute Gasteiger partial charge is 0.289 e. The minimum atomic E-state index is -4.20. The maximum absolute atomic E-state index is 12.0. The van der Waals surface area contributed by atoms with Gasteiger partial charge in [-0.3, -0.25) is 19.2 Å². The first-order valence-electron chi connectivity index (χ1n) is 6.38. The van der Waals surface area contributed by atoms with E-state index in [1.165, 1.54) is 12.2 Å². The second kappa shape index (κ2) is 6.13. The summed E-state index contributed by atoms with van der Waals surface area (Å²) in [6.07, 6.45) is 2.81. The fourth-order valence-electron chi connectivity index (χ4n) is 1.85. The zero-order valence-electron chi connectivity index (χ0n) is 12.2. The van der Waals surface area contributed by atoms with Crippen molar-refractivity contribution >= 4 is 27.3 Å². The summed E-state index contributed by atoms with van der Waals surface area (Å²) in [6.45, 7) is 3.17. The van der Waals surface area contributed by atoms with Crippen LogP contribution in [0.5, 0.6) is 0 Å². The van der Waals surface area contributed by atoms with Crippen molar-refractivity contribution in [3.63, 3.8) is 0 Å². The molecule has 1 aliphatic rings. The largest absolute Gasteiger partial charge is 0.358 e. The Bertz CT molecular complexity index is 839. The molecule has 23 heavy (non-hydrogen) atoms. The SMILES string of the molecule is CC1=CC(=NOS(=O)(=O)c2ccc([N+](=O)[O-])cc2)C=C(C)C1=O. The lowest BCUT2D eigenvalue weighted by Gasteiger charge is -2.08. The van der Waals surface area contributed by atoms with E-state index in [4.69, 9.17) is 0 Å². The molecule has 2 rings (SSSR count). The van der Waals surface area contributed by atoms with Gasteiger partial charge in [-0.25, -0.2) is 0 Å². The van der Waals surface area contributed by atoms with Gasteiger partial charge in [0.1, 0.15) is 10.6 Å². The van der Waals surface area contributed by atoms with E-state index < -0.39 is 15.0 Å². The maximum Gasteiger partial charge on any atom is 0.358 e. The highest BCUT2D eigenvalue weighted by molar-refractivity contribution is 7.86. The first kappa shape index (κ1) is 16.6. The molecular weight excluding hydrogens is 324 g/mol. The van der Waals surface area contributed by atoms with Gasteiger partial charge in [0.05, 0.1) is 4.92 Å². The van der Waals surface area contributed by atoms with Crippen LogP contribution in [-0.4, -0.2) is 24.8 Å². The van der Waals surface area contributed by atoms with Crippen LogP contribution < -0.4 is 0 Å². The van der Waals surface area contributed by atoms with E-state index in [0.717, 1.165) is 24.3 Å². The Labute approximate surface area is 132 Å². The molecule has 0 radical (unpaired) electrons. The number of nitro groups is 1. The number of nitro benzene ring substituents is 1. The fourth-order valence-corrected chi connectivity index (χ4v) is 2.59. The number of Topliss-reactive ketones (excluding diaryl/α,β-unsaturated/α-hetero) is 1. The second-order valence-corrected chi connectivity index (χ2v) is 6.31. The van der Waals surface area contributed by atoms with Gasteiger partial charge in [0.15, 0.2) is 5.78 Å². The normalized spacial score (nSPS) is 14.9. The van der Waals surface area contributed by atoms with Crippen LogP contribution in [0.15, 0.2) is 57.6 Å². The van der Waals surface area contributed by atoms with Crippen molar-refractivity contribution in [3.05, 3.63) is 57.7 Å². The van der Waals surface area contributed by atoms with Crippen molar-refractivity contribution in [2.45, 2.75) is 18.7 Å². The molecule has 1 aliphatic carbocycles. The third-order valence-electron chi connectivity index (χ3n) is 3.02. The molecule has 0 atom stereocenters. The summed E-state index contributed by atoms with van der Waals surface area (Å²) in [5, 5.41) is 14.1. The predicted molar refractivity (Wildman–Crippen MR) is 81.3 cm³/mol. The quantitative estimate of drug-likeness (QED) is 0.472. The Morgan fingerprint density at radius 2 is 1.61 bits per heavy atom. The number of hydrogen-bond donors (Lipinski definition) is 0. The van der Waals surface area contributed by atoms with Crippen molar-refractivity contribution in [2.24, 2.45) is 5.16 Å². The van der Waals surface area contributed by atoms with Gasteiger partial charge < -0.3 is 0 Å². The van der Waals surface area contributed by atoms with Crippen LogP contribution in [0, 0.1) is 10.1 Å². The average molecular weight is 336 g/mol. The van der Waals surface area contributed by atoms with Crippen LogP contribution in [0.4, 0.5) is 5.69 Å². The lowest BCUT2D eigenvalue weighted by molar-refractivity contribution is -0.384. The monoisotopic (exact) mass is 336 g/mol. The number of carbonyl (C=O) groups excluding carboxylic acids is 1. The molecule has 1 aromatic carbocycles. The van der Waals surface area contributed by atoms with Gasteiger partial charge in [0.25, 0.3) is 5.69 Å². The Hall–Kier alpha value is -2.81. The van der Waals surface area contributed by atoms with Crippen molar-refractivity contribution in [1.82, 2.24) is 0 Å². The van der Waals surface area contributed by atoms with Crippen LogP contribution in [0.3, 0.4) is 0 Å². The lowest BCUT2D eigenvalue weighted by atomic mass is 9.98. The van der Waals surface area contributed by atoms with E-state index in [1.54, 1.807) is 13.8 Å². The topological polar surface area (TPSA) is 116 Å². The minimum absolute atomic E-state index is 0.151. The second-order valence-electron chi connectivity index (χ2n) is 4.78. The highest BCUT2D eigenvalue weighted by atomic mass is 32.2. The molecule has 120 valence electrons. The Kier molecular flexibility index (Phi) is 4.41. The van der Waals surface area contributed by atoms with Crippen LogP contribution in [0.25, 0.3) is 0 Å². The van der Waals surface area contributed by atoms with Gasteiger partial charge in [0.2, 0.25) is 0 Å². The van der Waals surface area contributed by atoms with E-state index in [-0.39, 0.29) is 22.1 Å². The molecule has 1 aromatic rings. The average Bonchev–Trinajstić information content (AvgIpc) is 2.50. The van der Waals surface area contributed by atoms with Gasteiger partial charge in [0, 0.05) is 12.1 Å². The number of non-ortho nitro benzene ring substituents is 1. The molecule has 0 aliphatic heterocycles. The summed E-state index contributed by atoms with van der Waals surface area (Å²) in [7, 11) is -4.20. The summed E-state index contributed by atoms with van der Waals surface area (Å²) in [6, 6.07) is 4.22. The predicted octanol–water partition coefficient (Wildman–Crippen LogP) is 2.13. The molecule has 0 saturated carbocycles.